The van der Waals surface area contributed by atoms with E-state index in [0.29, 0.717) is 5.54 Å². The van der Waals surface area contributed by atoms with Crippen LogP contribution in [0.4, 0.5) is 0 Å². The molecule has 2 aliphatic heterocycles. The first-order valence-electron chi connectivity index (χ1n) is 7.17. The van der Waals surface area contributed by atoms with Crippen molar-refractivity contribution < 1.29 is 0 Å². The Bertz CT molecular complexity index is 238. The Labute approximate surface area is 107 Å². The van der Waals surface area contributed by atoms with E-state index in [-0.39, 0.29) is 0 Å². The molecule has 0 saturated carbocycles. The number of nitrogens with one attached hydrogen (secondary N) is 1. The van der Waals surface area contributed by atoms with Gasteiger partial charge in [-0.25, -0.2) is 0 Å². The van der Waals surface area contributed by atoms with E-state index in [1.54, 1.807) is 0 Å². The summed E-state index contributed by atoms with van der Waals surface area (Å²) in [6, 6.07) is 0.718. The fourth-order valence-electron chi connectivity index (χ4n) is 3.10. The summed E-state index contributed by atoms with van der Waals surface area (Å²) < 4.78 is 0. The van der Waals surface area contributed by atoms with Crippen molar-refractivity contribution in [1.82, 2.24) is 15.1 Å². The van der Waals surface area contributed by atoms with Crippen molar-refractivity contribution >= 4 is 0 Å². The van der Waals surface area contributed by atoms with Crippen LogP contribution in [0.5, 0.6) is 0 Å². The largest absolute Gasteiger partial charge is 0.314 e. The Balaban J connectivity index is 1.76. The van der Waals surface area contributed by atoms with E-state index in [2.05, 4.69) is 42.8 Å². The highest BCUT2D eigenvalue weighted by Gasteiger charge is 2.29. The SMILES string of the molecule is CC1NCCC1CN1CCN(C(C)(C)C)CC1. The normalized spacial score (nSPS) is 33.2. The zero-order valence-electron chi connectivity index (χ0n) is 12.0. The van der Waals surface area contributed by atoms with Gasteiger partial charge in [0.2, 0.25) is 0 Å². The molecule has 2 unspecified atom stereocenters. The van der Waals surface area contributed by atoms with E-state index in [1.807, 2.05) is 0 Å². The molecule has 3 nitrogen and oxygen atoms in total. The van der Waals surface area contributed by atoms with Crippen molar-refractivity contribution in [3.63, 3.8) is 0 Å². The van der Waals surface area contributed by atoms with Gasteiger partial charge in [0.15, 0.2) is 0 Å². The average Bonchev–Trinajstić information content (AvgIpc) is 2.64. The molecule has 3 heteroatoms. The first kappa shape index (κ1) is 13.3. The van der Waals surface area contributed by atoms with E-state index in [1.165, 1.54) is 45.7 Å². The van der Waals surface area contributed by atoms with Gasteiger partial charge < -0.3 is 10.2 Å². The lowest BCUT2D eigenvalue weighted by Gasteiger charge is -2.43. The van der Waals surface area contributed by atoms with Crippen LogP contribution in [0.3, 0.4) is 0 Å². The first-order valence-corrected chi connectivity index (χ1v) is 7.17. The fourth-order valence-corrected chi connectivity index (χ4v) is 3.10. The Morgan fingerprint density at radius 3 is 2.24 bits per heavy atom. The maximum absolute atomic E-state index is 3.56. The summed E-state index contributed by atoms with van der Waals surface area (Å²) >= 11 is 0. The number of nitrogens with zero attached hydrogens (tertiary/aromatic N) is 2. The molecule has 2 saturated heterocycles. The fraction of sp³-hybridized carbons (Fsp3) is 1.00. The summed E-state index contributed by atoms with van der Waals surface area (Å²) in [6.45, 7) is 16.8. The lowest BCUT2D eigenvalue weighted by Crippen LogP contribution is -2.54. The Morgan fingerprint density at radius 2 is 1.76 bits per heavy atom. The van der Waals surface area contributed by atoms with Crippen LogP contribution in [0.25, 0.3) is 0 Å². The highest BCUT2D eigenvalue weighted by molar-refractivity contribution is 4.86. The molecule has 1 N–H and O–H groups in total. The van der Waals surface area contributed by atoms with Crippen LogP contribution < -0.4 is 5.32 Å². The number of rotatable bonds is 2. The van der Waals surface area contributed by atoms with Gasteiger partial charge in [-0.1, -0.05) is 0 Å². The molecular weight excluding hydrogens is 210 g/mol. The summed E-state index contributed by atoms with van der Waals surface area (Å²) in [4.78, 5) is 5.27. The maximum atomic E-state index is 3.56. The van der Waals surface area contributed by atoms with E-state index >= 15 is 0 Å². The molecule has 2 atom stereocenters. The van der Waals surface area contributed by atoms with Gasteiger partial charge in [0.05, 0.1) is 0 Å². The summed E-state index contributed by atoms with van der Waals surface area (Å²) in [5.74, 6) is 0.871. The predicted molar refractivity (Wildman–Crippen MR) is 73.3 cm³/mol. The van der Waals surface area contributed by atoms with Gasteiger partial charge in [-0.15, -0.1) is 0 Å². The van der Waals surface area contributed by atoms with Crippen molar-refractivity contribution in [2.45, 2.75) is 45.7 Å². The molecule has 0 spiro atoms. The van der Waals surface area contributed by atoms with Crippen molar-refractivity contribution in [3.8, 4) is 0 Å². The molecule has 0 amide bonds. The second-order valence-electron chi connectivity index (χ2n) is 6.75. The molecule has 2 heterocycles. The van der Waals surface area contributed by atoms with E-state index in [9.17, 15) is 0 Å². The molecule has 0 aromatic rings. The van der Waals surface area contributed by atoms with E-state index in [4.69, 9.17) is 0 Å². The second-order valence-corrected chi connectivity index (χ2v) is 6.75. The minimum Gasteiger partial charge on any atom is -0.314 e. The van der Waals surface area contributed by atoms with Gasteiger partial charge in [-0.2, -0.15) is 0 Å². The molecule has 100 valence electrons. The third kappa shape index (κ3) is 3.43. The monoisotopic (exact) mass is 239 g/mol. The van der Waals surface area contributed by atoms with Crippen LogP contribution >= 0.6 is 0 Å². The molecule has 0 bridgehead atoms. The first-order chi connectivity index (χ1) is 7.97. The van der Waals surface area contributed by atoms with Gasteiger partial charge in [-0.05, 0) is 46.6 Å². The smallest absolute Gasteiger partial charge is 0.0126 e. The summed E-state index contributed by atoms with van der Waals surface area (Å²) in [6.07, 6.45) is 1.36. The highest BCUT2D eigenvalue weighted by atomic mass is 15.3. The van der Waals surface area contributed by atoms with Crippen LogP contribution in [0.2, 0.25) is 0 Å². The molecule has 0 aromatic carbocycles. The highest BCUT2D eigenvalue weighted by Crippen LogP contribution is 2.20. The number of piperazine rings is 1. The van der Waals surface area contributed by atoms with Gasteiger partial charge in [-0.3, -0.25) is 4.90 Å². The van der Waals surface area contributed by atoms with Crippen molar-refractivity contribution in [3.05, 3.63) is 0 Å². The zero-order valence-corrected chi connectivity index (χ0v) is 12.0. The third-order valence-electron chi connectivity index (χ3n) is 4.50. The van der Waals surface area contributed by atoms with Gasteiger partial charge >= 0.3 is 0 Å². The van der Waals surface area contributed by atoms with Gasteiger partial charge in [0, 0.05) is 44.3 Å². The standard InChI is InChI=1S/C14H29N3/c1-12-13(5-6-15-12)11-16-7-9-17(10-8-16)14(2,3)4/h12-13,15H,5-11H2,1-4H3. The van der Waals surface area contributed by atoms with Crippen molar-refractivity contribution in [1.29, 1.82) is 0 Å². The van der Waals surface area contributed by atoms with Crippen LogP contribution in [0, 0.1) is 5.92 Å². The summed E-state index contributed by atoms with van der Waals surface area (Å²) in [7, 11) is 0. The lowest BCUT2D eigenvalue weighted by atomic mass is 10.0. The van der Waals surface area contributed by atoms with Crippen molar-refractivity contribution in [2.75, 3.05) is 39.3 Å². The van der Waals surface area contributed by atoms with E-state index < -0.39 is 0 Å². The minimum absolute atomic E-state index is 0.342. The molecule has 0 radical (unpaired) electrons. The van der Waals surface area contributed by atoms with Crippen molar-refractivity contribution in [2.24, 2.45) is 5.92 Å². The third-order valence-corrected chi connectivity index (χ3v) is 4.50. The van der Waals surface area contributed by atoms with E-state index in [0.717, 1.165) is 12.0 Å². The minimum atomic E-state index is 0.342. The Kier molecular flexibility index (Phi) is 4.11. The lowest BCUT2D eigenvalue weighted by molar-refractivity contribution is 0.0547. The zero-order chi connectivity index (χ0) is 12.5. The predicted octanol–water partition coefficient (Wildman–Crippen LogP) is 1.40. The molecule has 2 fully saturated rings. The average molecular weight is 239 g/mol. The molecule has 2 rings (SSSR count). The molecule has 0 aliphatic carbocycles. The van der Waals surface area contributed by atoms with Crippen LogP contribution in [-0.2, 0) is 0 Å². The number of hydrogen-bond donors (Lipinski definition) is 1. The van der Waals surface area contributed by atoms with Crippen LogP contribution in [0.15, 0.2) is 0 Å². The molecule has 2 aliphatic rings. The molecular formula is C14H29N3. The second kappa shape index (κ2) is 5.25. The van der Waals surface area contributed by atoms with Gasteiger partial charge in [0.25, 0.3) is 0 Å². The Morgan fingerprint density at radius 1 is 1.12 bits per heavy atom. The number of hydrogen-bond acceptors (Lipinski definition) is 3. The molecule has 0 aromatic heterocycles. The Hall–Kier alpha value is -0.120. The summed E-state index contributed by atoms with van der Waals surface area (Å²) in [5.41, 5.74) is 0.342. The van der Waals surface area contributed by atoms with Crippen LogP contribution in [0.1, 0.15) is 34.1 Å². The molecule has 17 heavy (non-hydrogen) atoms. The maximum Gasteiger partial charge on any atom is 0.0126 e. The summed E-state index contributed by atoms with van der Waals surface area (Å²) in [5, 5.41) is 3.56. The van der Waals surface area contributed by atoms with Gasteiger partial charge in [0.1, 0.15) is 0 Å². The topological polar surface area (TPSA) is 18.5 Å². The quantitative estimate of drug-likeness (QED) is 0.786. The van der Waals surface area contributed by atoms with Crippen LogP contribution in [-0.4, -0.2) is 60.6 Å².